The molecule has 1 aromatic rings. The highest BCUT2D eigenvalue weighted by Crippen LogP contribution is 2.20. The molecule has 0 aliphatic heterocycles. The number of rotatable bonds is 4. The average Bonchev–Trinajstić information content (AvgIpc) is 2.33. The summed E-state index contributed by atoms with van der Waals surface area (Å²) in [5.41, 5.74) is 6.08. The van der Waals surface area contributed by atoms with Crippen LogP contribution in [0.25, 0.3) is 0 Å². The molecule has 5 heteroatoms. The Balaban J connectivity index is 1.99. The molecule has 0 radical (unpaired) electrons. The topological polar surface area (TPSA) is 73.1 Å². The molecule has 1 aliphatic rings. The molecule has 0 saturated heterocycles. The van der Waals surface area contributed by atoms with Crippen molar-refractivity contribution >= 4 is 5.82 Å². The van der Waals surface area contributed by atoms with Crippen LogP contribution in [0.3, 0.4) is 0 Å². The highest BCUT2D eigenvalue weighted by molar-refractivity contribution is 5.35. The second-order valence-electron chi connectivity index (χ2n) is 4.37. The van der Waals surface area contributed by atoms with Crippen molar-refractivity contribution in [3.05, 3.63) is 12.4 Å². The van der Waals surface area contributed by atoms with Crippen LogP contribution >= 0.6 is 0 Å². The standard InChI is InChI=1S/C12H20N4O/c1-2-17-12-8-14-7-11(16-12)15-10-6-4-3-5-9(10)13/h7-10H,2-6,13H2,1H3,(H,15,16). The minimum absolute atomic E-state index is 0.210. The fraction of sp³-hybridized carbons (Fsp3) is 0.667. The number of hydrogen-bond acceptors (Lipinski definition) is 5. The number of hydrogen-bond donors (Lipinski definition) is 2. The number of aromatic nitrogens is 2. The fourth-order valence-corrected chi connectivity index (χ4v) is 2.16. The van der Waals surface area contributed by atoms with Gasteiger partial charge in [0, 0.05) is 12.1 Å². The third kappa shape index (κ3) is 3.30. The van der Waals surface area contributed by atoms with E-state index in [1.165, 1.54) is 12.8 Å². The van der Waals surface area contributed by atoms with Gasteiger partial charge in [0.05, 0.1) is 19.0 Å². The monoisotopic (exact) mass is 236 g/mol. The maximum Gasteiger partial charge on any atom is 0.234 e. The third-order valence-corrected chi connectivity index (χ3v) is 3.06. The molecule has 1 saturated carbocycles. The third-order valence-electron chi connectivity index (χ3n) is 3.06. The van der Waals surface area contributed by atoms with Crippen molar-refractivity contribution in [1.82, 2.24) is 9.97 Å². The van der Waals surface area contributed by atoms with Crippen molar-refractivity contribution in [1.29, 1.82) is 0 Å². The number of nitrogens with zero attached hydrogens (tertiary/aromatic N) is 2. The zero-order valence-corrected chi connectivity index (χ0v) is 10.2. The summed E-state index contributed by atoms with van der Waals surface area (Å²) in [7, 11) is 0. The quantitative estimate of drug-likeness (QED) is 0.830. The molecular weight excluding hydrogens is 216 g/mol. The van der Waals surface area contributed by atoms with Gasteiger partial charge in [0.25, 0.3) is 0 Å². The summed E-state index contributed by atoms with van der Waals surface area (Å²) in [5, 5.41) is 3.35. The van der Waals surface area contributed by atoms with E-state index in [0.29, 0.717) is 18.5 Å². The minimum Gasteiger partial charge on any atom is -0.477 e. The van der Waals surface area contributed by atoms with E-state index >= 15 is 0 Å². The largest absolute Gasteiger partial charge is 0.477 e. The van der Waals surface area contributed by atoms with E-state index in [4.69, 9.17) is 10.5 Å². The normalized spacial score (nSPS) is 24.4. The molecule has 2 unspecified atom stereocenters. The van der Waals surface area contributed by atoms with E-state index in [1.807, 2.05) is 6.92 Å². The zero-order valence-electron chi connectivity index (χ0n) is 10.2. The molecule has 17 heavy (non-hydrogen) atoms. The summed E-state index contributed by atoms with van der Waals surface area (Å²) in [4.78, 5) is 8.44. The molecule has 2 rings (SSSR count). The molecule has 1 aliphatic carbocycles. The first-order chi connectivity index (χ1) is 8.29. The number of nitrogens with one attached hydrogen (secondary N) is 1. The number of nitrogens with two attached hydrogens (primary N) is 1. The van der Waals surface area contributed by atoms with Crippen LogP contribution in [0.2, 0.25) is 0 Å². The van der Waals surface area contributed by atoms with Gasteiger partial charge in [0.15, 0.2) is 0 Å². The summed E-state index contributed by atoms with van der Waals surface area (Å²) in [6, 6.07) is 0.510. The van der Waals surface area contributed by atoms with Crippen molar-refractivity contribution < 1.29 is 4.74 Å². The van der Waals surface area contributed by atoms with E-state index < -0.39 is 0 Å². The molecule has 1 aromatic heterocycles. The maximum absolute atomic E-state index is 6.08. The van der Waals surface area contributed by atoms with Gasteiger partial charge >= 0.3 is 0 Å². The predicted octanol–water partition coefficient (Wildman–Crippen LogP) is 1.56. The van der Waals surface area contributed by atoms with Gasteiger partial charge in [-0.15, -0.1) is 0 Å². The lowest BCUT2D eigenvalue weighted by atomic mass is 9.91. The molecule has 0 amide bonds. The van der Waals surface area contributed by atoms with Crippen LogP contribution < -0.4 is 15.8 Å². The molecule has 0 aromatic carbocycles. The van der Waals surface area contributed by atoms with Crippen LogP contribution in [0, 0.1) is 0 Å². The molecule has 0 bridgehead atoms. The van der Waals surface area contributed by atoms with Gasteiger partial charge in [-0.2, -0.15) is 4.98 Å². The Morgan fingerprint density at radius 2 is 2.24 bits per heavy atom. The van der Waals surface area contributed by atoms with Crippen LogP contribution in [0.1, 0.15) is 32.6 Å². The highest BCUT2D eigenvalue weighted by atomic mass is 16.5. The zero-order chi connectivity index (χ0) is 12.1. The molecule has 2 atom stereocenters. The summed E-state index contributed by atoms with van der Waals surface area (Å²) in [6.07, 6.45) is 7.96. The van der Waals surface area contributed by atoms with Crippen molar-refractivity contribution in [3.8, 4) is 5.88 Å². The van der Waals surface area contributed by atoms with Crippen LogP contribution in [-0.4, -0.2) is 28.7 Å². The van der Waals surface area contributed by atoms with E-state index in [1.54, 1.807) is 12.4 Å². The molecule has 1 heterocycles. The van der Waals surface area contributed by atoms with Gasteiger partial charge < -0.3 is 15.8 Å². The Labute approximate surface area is 102 Å². The molecular formula is C12H20N4O. The lowest BCUT2D eigenvalue weighted by Gasteiger charge is -2.29. The predicted molar refractivity (Wildman–Crippen MR) is 67.1 cm³/mol. The Morgan fingerprint density at radius 3 is 3.00 bits per heavy atom. The fourth-order valence-electron chi connectivity index (χ4n) is 2.16. The lowest BCUT2D eigenvalue weighted by Crippen LogP contribution is -2.42. The smallest absolute Gasteiger partial charge is 0.234 e. The molecule has 1 fully saturated rings. The van der Waals surface area contributed by atoms with Crippen LogP contribution in [-0.2, 0) is 0 Å². The van der Waals surface area contributed by atoms with Gasteiger partial charge in [-0.05, 0) is 19.8 Å². The van der Waals surface area contributed by atoms with Crippen LogP contribution in [0.15, 0.2) is 12.4 Å². The maximum atomic E-state index is 6.08. The molecule has 94 valence electrons. The van der Waals surface area contributed by atoms with E-state index in [-0.39, 0.29) is 6.04 Å². The first-order valence-corrected chi connectivity index (χ1v) is 6.26. The van der Waals surface area contributed by atoms with Crippen molar-refractivity contribution in [2.75, 3.05) is 11.9 Å². The van der Waals surface area contributed by atoms with Gasteiger partial charge in [-0.25, -0.2) is 0 Å². The van der Waals surface area contributed by atoms with E-state index in [9.17, 15) is 0 Å². The van der Waals surface area contributed by atoms with Gasteiger partial charge in [-0.3, -0.25) is 4.98 Å². The number of ether oxygens (including phenoxy) is 1. The van der Waals surface area contributed by atoms with Gasteiger partial charge in [0.1, 0.15) is 5.82 Å². The van der Waals surface area contributed by atoms with E-state index in [2.05, 4.69) is 15.3 Å². The van der Waals surface area contributed by atoms with E-state index in [0.717, 1.165) is 18.7 Å². The summed E-state index contributed by atoms with van der Waals surface area (Å²) in [5.74, 6) is 1.31. The van der Waals surface area contributed by atoms with Gasteiger partial charge in [-0.1, -0.05) is 12.8 Å². The highest BCUT2D eigenvalue weighted by Gasteiger charge is 2.21. The second kappa shape index (κ2) is 5.82. The minimum atomic E-state index is 0.210. The summed E-state index contributed by atoms with van der Waals surface area (Å²) < 4.78 is 5.32. The molecule has 3 N–H and O–H groups in total. The number of anilines is 1. The second-order valence-corrected chi connectivity index (χ2v) is 4.37. The van der Waals surface area contributed by atoms with Crippen molar-refractivity contribution in [2.45, 2.75) is 44.7 Å². The Bertz CT molecular complexity index is 358. The summed E-state index contributed by atoms with van der Waals surface area (Å²) >= 11 is 0. The van der Waals surface area contributed by atoms with Crippen molar-refractivity contribution in [3.63, 3.8) is 0 Å². The Kier molecular flexibility index (Phi) is 4.14. The van der Waals surface area contributed by atoms with Gasteiger partial charge in [0.2, 0.25) is 5.88 Å². The van der Waals surface area contributed by atoms with Crippen molar-refractivity contribution in [2.24, 2.45) is 5.73 Å². The first-order valence-electron chi connectivity index (χ1n) is 6.26. The lowest BCUT2D eigenvalue weighted by molar-refractivity contribution is 0.325. The summed E-state index contributed by atoms with van der Waals surface area (Å²) in [6.45, 7) is 2.53. The average molecular weight is 236 g/mol. The Morgan fingerprint density at radius 1 is 1.41 bits per heavy atom. The first kappa shape index (κ1) is 12.1. The molecule has 5 nitrogen and oxygen atoms in total. The van der Waals surface area contributed by atoms with Crippen LogP contribution in [0.4, 0.5) is 5.82 Å². The SMILES string of the molecule is CCOc1cncc(NC2CCCCC2N)n1. The molecule has 0 spiro atoms. The Hall–Kier alpha value is -1.36. The van der Waals surface area contributed by atoms with Crippen LogP contribution in [0.5, 0.6) is 5.88 Å².